The summed E-state index contributed by atoms with van der Waals surface area (Å²) in [4.78, 5) is 18.2. The van der Waals surface area contributed by atoms with Crippen LogP contribution in [0.4, 0.5) is 5.95 Å². The van der Waals surface area contributed by atoms with Gasteiger partial charge in [-0.3, -0.25) is 4.79 Å². The molecule has 0 atom stereocenters. The number of anilines is 1. The zero-order valence-corrected chi connectivity index (χ0v) is 10.2. The van der Waals surface area contributed by atoms with Crippen molar-refractivity contribution in [2.45, 2.75) is 0 Å². The van der Waals surface area contributed by atoms with Crippen LogP contribution in [0.15, 0.2) is 22.7 Å². The Balaban J connectivity index is 2.16. The Morgan fingerprint density at radius 3 is 3.19 bits per heavy atom. The molecule has 0 aliphatic heterocycles. The van der Waals surface area contributed by atoms with E-state index in [1.165, 1.54) is 7.11 Å². The van der Waals surface area contributed by atoms with Crippen molar-refractivity contribution in [2.75, 3.05) is 19.0 Å². The topological polar surface area (TPSA) is 67.0 Å². The standard InChI is InChI=1S/C10H10BrN3O2/c1-16-9(15)5-12-10-13-7-3-2-6(11)4-8(7)14-10/h2-4H,5H2,1H3,(H2,12,13,14). The maximum atomic E-state index is 10.9. The van der Waals surface area contributed by atoms with Gasteiger partial charge in [0, 0.05) is 4.47 Å². The van der Waals surface area contributed by atoms with Crippen molar-refractivity contribution >= 4 is 38.9 Å². The molecule has 0 aliphatic rings. The summed E-state index contributed by atoms with van der Waals surface area (Å²) >= 11 is 3.37. The average molecular weight is 284 g/mol. The van der Waals surface area contributed by atoms with E-state index in [1.54, 1.807) is 0 Å². The minimum absolute atomic E-state index is 0.0947. The molecule has 16 heavy (non-hydrogen) atoms. The molecule has 0 saturated carbocycles. The number of nitrogens with one attached hydrogen (secondary N) is 2. The van der Waals surface area contributed by atoms with Crippen LogP contribution in [0.5, 0.6) is 0 Å². The van der Waals surface area contributed by atoms with E-state index >= 15 is 0 Å². The first-order chi connectivity index (χ1) is 7.69. The predicted molar refractivity (Wildman–Crippen MR) is 64.3 cm³/mol. The number of ether oxygens (including phenoxy) is 1. The summed E-state index contributed by atoms with van der Waals surface area (Å²) in [6.07, 6.45) is 0. The molecule has 0 spiro atoms. The third-order valence-corrected chi connectivity index (χ3v) is 2.57. The molecule has 1 aromatic heterocycles. The van der Waals surface area contributed by atoms with Gasteiger partial charge in [-0.15, -0.1) is 0 Å². The van der Waals surface area contributed by atoms with Crippen LogP contribution in [0.3, 0.4) is 0 Å². The summed E-state index contributed by atoms with van der Waals surface area (Å²) in [6, 6.07) is 5.72. The molecule has 5 nitrogen and oxygen atoms in total. The first-order valence-corrected chi connectivity index (χ1v) is 5.44. The predicted octanol–water partition coefficient (Wildman–Crippen LogP) is 1.91. The Bertz CT molecular complexity index is 524. The maximum Gasteiger partial charge on any atom is 0.325 e. The molecule has 2 N–H and O–H groups in total. The highest BCUT2D eigenvalue weighted by Crippen LogP contribution is 2.19. The minimum Gasteiger partial charge on any atom is -0.468 e. The number of H-pyrrole nitrogens is 1. The summed E-state index contributed by atoms with van der Waals surface area (Å²) in [5, 5.41) is 2.85. The molecule has 84 valence electrons. The molecule has 2 aromatic rings. The van der Waals surface area contributed by atoms with E-state index in [0.717, 1.165) is 15.5 Å². The fourth-order valence-electron chi connectivity index (χ4n) is 1.29. The largest absolute Gasteiger partial charge is 0.468 e. The van der Waals surface area contributed by atoms with Crippen molar-refractivity contribution in [2.24, 2.45) is 0 Å². The van der Waals surface area contributed by atoms with Gasteiger partial charge in [0.05, 0.1) is 18.1 Å². The summed E-state index contributed by atoms with van der Waals surface area (Å²) in [5.74, 6) is 0.222. The van der Waals surface area contributed by atoms with Crippen LogP contribution < -0.4 is 5.32 Å². The Morgan fingerprint density at radius 2 is 2.44 bits per heavy atom. The van der Waals surface area contributed by atoms with Gasteiger partial charge in [0.25, 0.3) is 0 Å². The van der Waals surface area contributed by atoms with Crippen LogP contribution in [0, 0.1) is 0 Å². The number of aromatic amines is 1. The van der Waals surface area contributed by atoms with Crippen molar-refractivity contribution in [1.82, 2.24) is 9.97 Å². The van der Waals surface area contributed by atoms with Crippen LogP contribution in [-0.2, 0) is 9.53 Å². The summed E-state index contributed by atoms with van der Waals surface area (Å²) in [6.45, 7) is 0.0947. The molecular weight excluding hydrogens is 274 g/mol. The van der Waals surface area contributed by atoms with Gasteiger partial charge in [-0.1, -0.05) is 15.9 Å². The number of fused-ring (bicyclic) bond motifs is 1. The van der Waals surface area contributed by atoms with Crippen LogP contribution in [0.2, 0.25) is 0 Å². The maximum absolute atomic E-state index is 10.9. The van der Waals surface area contributed by atoms with E-state index < -0.39 is 0 Å². The Morgan fingerprint density at radius 1 is 1.62 bits per heavy atom. The first kappa shape index (κ1) is 10.9. The smallest absolute Gasteiger partial charge is 0.325 e. The van der Waals surface area contributed by atoms with Crippen LogP contribution in [-0.4, -0.2) is 29.6 Å². The molecule has 0 aliphatic carbocycles. The summed E-state index contributed by atoms with van der Waals surface area (Å²) < 4.78 is 5.49. The lowest BCUT2D eigenvalue weighted by molar-refractivity contribution is -0.138. The summed E-state index contributed by atoms with van der Waals surface area (Å²) in [7, 11) is 1.35. The van der Waals surface area contributed by atoms with Gasteiger partial charge >= 0.3 is 5.97 Å². The van der Waals surface area contributed by atoms with Gasteiger partial charge < -0.3 is 15.0 Å². The van der Waals surface area contributed by atoms with E-state index in [-0.39, 0.29) is 12.5 Å². The lowest BCUT2D eigenvalue weighted by Crippen LogP contribution is -2.15. The van der Waals surface area contributed by atoms with Crippen molar-refractivity contribution in [3.63, 3.8) is 0 Å². The van der Waals surface area contributed by atoms with Gasteiger partial charge in [0.15, 0.2) is 0 Å². The normalized spacial score (nSPS) is 10.4. The second kappa shape index (κ2) is 4.52. The zero-order valence-electron chi connectivity index (χ0n) is 8.58. The lowest BCUT2D eigenvalue weighted by Gasteiger charge is -1.99. The SMILES string of the molecule is COC(=O)CNc1nc2ccc(Br)cc2[nH]1. The molecule has 2 rings (SSSR count). The monoisotopic (exact) mass is 283 g/mol. The molecule has 0 amide bonds. The average Bonchev–Trinajstić information content (AvgIpc) is 2.67. The molecule has 6 heteroatoms. The second-order valence-electron chi connectivity index (χ2n) is 3.18. The highest BCUT2D eigenvalue weighted by Gasteiger charge is 2.04. The third-order valence-electron chi connectivity index (χ3n) is 2.07. The van der Waals surface area contributed by atoms with E-state index in [0.29, 0.717) is 5.95 Å². The number of rotatable bonds is 3. The molecule has 0 bridgehead atoms. The Kier molecular flexibility index (Phi) is 3.09. The number of hydrogen-bond donors (Lipinski definition) is 2. The number of aromatic nitrogens is 2. The van der Waals surface area contributed by atoms with Gasteiger partial charge in [-0.25, -0.2) is 4.98 Å². The number of carbonyl (C=O) groups excluding carboxylic acids is 1. The molecular formula is C10H10BrN3O2. The minimum atomic E-state index is -0.332. The number of carbonyl (C=O) groups is 1. The van der Waals surface area contributed by atoms with Crippen molar-refractivity contribution in [3.05, 3.63) is 22.7 Å². The number of hydrogen-bond acceptors (Lipinski definition) is 4. The van der Waals surface area contributed by atoms with Crippen LogP contribution in [0.1, 0.15) is 0 Å². The number of methoxy groups -OCH3 is 1. The molecule has 0 radical (unpaired) electrons. The lowest BCUT2D eigenvalue weighted by atomic mass is 10.3. The fourth-order valence-corrected chi connectivity index (χ4v) is 1.65. The zero-order chi connectivity index (χ0) is 11.5. The summed E-state index contributed by atoms with van der Waals surface area (Å²) in [5.41, 5.74) is 1.75. The molecule has 1 aromatic carbocycles. The van der Waals surface area contributed by atoms with Crippen LogP contribution in [0.25, 0.3) is 11.0 Å². The van der Waals surface area contributed by atoms with Crippen molar-refractivity contribution in [3.8, 4) is 0 Å². The number of benzene rings is 1. The van der Waals surface area contributed by atoms with Crippen LogP contribution >= 0.6 is 15.9 Å². The quantitative estimate of drug-likeness (QED) is 0.845. The Labute approximate surface area is 100 Å². The number of esters is 1. The third kappa shape index (κ3) is 2.33. The van der Waals surface area contributed by atoms with Gasteiger partial charge in [0.2, 0.25) is 5.95 Å². The number of imidazole rings is 1. The highest BCUT2D eigenvalue weighted by molar-refractivity contribution is 9.10. The molecule has 0 fully saturated rings. The first-order valence-electron chi connectivity index (χ1n) is 4.65. The number of halogens is 1. The van der Waals surface area contributed by atoms with Crippen molar-refractivity contribution < 1.29 is 9.53 Å². The van der Waals surface area contributed by atoms with E-state index in [4.69, 9.17) is 0 Å². The van der Waals surface area contributed by atoms with Crippen molar-refractivity contribution in [1.29, 1.82) is 0 Å². The van der Waals surface area contributed by atoms with Gasteiger partial charge in [0.1, 0.15) is 6.54 Å². The van der Waals surface area contributed by atoms with E-state index in [9.17, 15) is 4.79 Å². The molecule has 0 saturated heterocycles. The molecule has 0 unspecified atom stereocenters. The van der Waals surface area contributed by atoms with E-state index in [1.807, 2.05) is 18.2 Å². The molecule has 1 heterocycles. The van der Waals surface area contributed by atoms with Gasteiger partial charge in [-0.05, 0) is 18.2 Å². The fraction of sp³-hybridized carbons (Fsp3) is 0.200. The highest BCUT2D eigenvalue weighted by atomic mass is 79.9. The Hall–Kier alpha value is -1.56. The van der Waals surface area contributed by atoms with Gasteiger partial charge in [-0.2, -0.15) is 0 Å². The number of nitrogens with zero attached hydrogens (tertiary/aromatic N) is 1. The van der Waals surface area contributed by atoms with E-state index in [2.05, 4.69) is 36.0 Å². The second-order valence-corrected chi connectivity index (χ2v) is 4.09.